The van der Waals surface area contributed by atoms with Crippen LogP contribution in [0.2, 0.25) is 0 Å². The van der Waals surface area contributed by atoms with Crippen molar-refractivity contribution in [2.45, 2.75) is 19.3 Å². The zero-order chi connectivity index (χ0) is 12.8. The van der Waals surface area contributed by atoms with Gasteiger partial charge in [-0.3, -0.25) is 9.59 Å². The van der Waals surface area contributed by atoms with E-state index in [1.54, 1.807) is 12.1 Å². The smallest absolute Gasteiger partial charge is 0.304 e. The molecule has 0 saturated heterocycles. The summed E-state index contributed by atoms with van der Waals surface area (Å²) in [6, 6.07) is 6.31. The van der Waals surface area contributed by atoms with Crippen LogP contribution >= 0.6 is 0 Å². The van der Waals surface area contributed by atoms with Crippen molar-refractivity contribution in [3.05, 3.63) is 29.8 Å². The predicted molar refractivity (Wildman–Crippen MR) is 61.8 cm³/mol. The first-order valence-corrected chi connectivity index (χ1v) is 5.24. The number of carboxylic acids is 1. The third-order valence-corrected chi connectivity index (χ3v) is 2.38. The van der Waals surface area contributed by atoms with E-state index in [4.69, 9.17) is 10.2 Å². The number of aliphatic carboxylic acids is 1. The molecule has 1 aromatic rings. The minimum atomic E-state index is -0.923. The van der Waals surface area contributed by atoms with Crippen LogP contribution in [-0.4, -0.2) is 28.6 Å². The van der Waals surface area contributed by atoms with Crippen LogP contribution < -0.4 is 5.32 Å². The average Bonchev–Trinajstić information content (AvgIpc) is 2.25. The maximum Gasteiger partial charge on any atom is 0.304 e. The fourth-order valence-electron chi connectivity index (χ4n) is 1.53. The van der Waals surface area contributed by atoms with Gasteiger partial charge in [-0.05, 0) is 17.7 Å². The van der Waals surface area contributed by atoms with Gasteiger partial charge < -0.3 is 15.5 Å². The molecule has 0 bridgehead atoms. The number of hydrogen-bond donors (Lipinski definition) is 3. The lowest BCUT2D eigenvalue weighted by atomic mass is 9.95. The van der Waals surface area contributed by atoms with Crippen LogP contribution in [0.3, 0.4) is 0 Å². The van der Waals surface area contributed by atoms with Crippen LogP contribution in [0.15, 0.2) is 24.3 Å². The highest BCUT2D eigenvalue weighted by atomic mass is 16.4. The molecule has 0 fully saturated rings. The molecule has 0 aliphatic heterocycles. The third-order valence-electron chi connectivity index (χ3n) is 2.38. The zero-order valence-corrected chi connectivity index (χ0v) is 9.51. The molecular formula is C12H15NO4. The molecule has 0 saturated carbocycles. The van der Waals surface area contributed by atoms with Crippen molar-refractivity contribution in [2.24, 2.45) is 0 Å². The number of hydrogen-bond acceptors (Lipinski definition) is 3. The topological polar surface area (TPSA) is 86.6 Å². The first kappa shape index (κ1) is 13.0. The van der Waals surface area contributed by atoms with Gasteiger partial charge in [0.25, 0.3) is 0 Å². The maximum atomic E-state index is 10.8. The van der Waals surface area contributed by atoms with E-state index in [-0.39, 0.29) is 30.5 Å². The third kappa shape index (κ3) is 4.55. The monoisotopic (exact) mass is 237 g/mol. The van der Waals surface area contributed by atoms with Crippen LogP contribution in [0.1, 0.15) is 24.8 Å². The minimum absolute atomic E-state index is 0.0644. The predicted octanol–water partition coefficient (Wildman–Crippen LogP) is 1.09. The molecule has 0 radical (unpaired) electrons. The lowest BCUT2D eigenvalue weighted by molar-refractivity contribution is -0.137. The summed E-state index contributed by atoms with van der Waals surface area (Å²) < 4.78 is 0. The molecule has 3 N–H and O–H groups in total. The number of amides is 1. The van der Waals surface area contributed by atoms with E-state index >= 15 is 0 Å². The van der Waals surface area contributed by atoms with Gasteiger partial charge in [-0.15, -0.1) is 0 Å². The van der Waals surface area contributed by atoms with E-state index in [2.05, 4.69) is 5.32 Å². The Kier molecular flexibility index (Phi) is 4.51. The molecule has 0 aromatic heterocycles. The second kappa shape index (κ2) is 5.89. The number of carbonyl (C=O) groups excluding carboxylic acids is 1. The van der Waals surface area contributed by atoms with E-state index in [0.29, 0.717) is 0 Å². The van der Waals surface area contributed by atoms with E-state index in [1.807, 2.05) is 0 Å². The van der Waals surface area contributed by atoms with Gasteiger partial charge in [0, 0.05) is 19.4 Å². The molecule has 0 spiro atoms. The van der Waals surface area contributed by atoms with Gasteiger partial charge in [0.05, 0.1) is 6.42 Å². The van der Waals surface area contributed by atoms with Crippen molar-refractivity contribution in [1.82, 2.24) is 5.32 Å². The zero-order valence-electron chi connectivity index (χ0n) is 9.51. The van der Waals surface area contributed by atoms with Crippen molar-refractivity contribution in [3.8, 4) is 5.75 Å². The van der Waals surface area contributed by atoms with Gasteiger partial charge in [-0.2, -0.15) is 0 Å². The molecule has 5 nitrogen and oxygen atoms in total. The lowest BCUT2D eigenvalue weighted by Crippen LogP contribution is -2.27. The molecule has 0 heterocycles. The Bertz CT molecular complexity index is 399. The molecule has 0 aliphatic carbocycles. The second-order valence-electron chi connectivity index (χ2n) is 3.82. The Hall–Kier alpha value is -2.04. The Labute approximate surface area is 99.1 Å². The molecule has 1 atom stereocenters. The number of phenolic OH excluding ortho intramolecular Hbond substituents is 1. The molecular weight excluding hydrogens is 222 g/mol. The van der Waals surface area contributed by atoms with Crippen molar-refractivity contribution < 1.29 is 19.8 Å². The van der Waals surface area contributed by atoms with Gasteiger partial charge >= 0.3 is 5.97 Å². The van der Waals surface area contributed by atoms with Crippen LogP contribution in [0, 0.1) is 0 Å². The van der Waals surface area contributed by atoms with Gasteiger partial charge in [0.15, 0.2) is 0 Å². The second-order valence-corrected chi connectivity index (χ2v) is 3.82. The van der Waals surface area contributed by atoms with Crippen LogP contribution in [0.25, 0.3) is 0 Å². The van der Waals surface area contributed by atoms with Gasteiger partial charge in [-0.25, -0.2) is 0 Å². The highest BCUT2D eigenvalue weighted by Gasteiger charge is 2.15. The van der Waals surface area contributed by atoms with Crippen molar-refractivity contribution in [2.75, 3.05) is 6.54 Å². The summed E-state index contributed by atoms with van der Waals surface area (Å²) in [5.74, 6) is -1.29. The molecule has 1 aromatic carbocycles. The number of rotatable bonds is 5. The summed E-state index contributed by atoms with van der Waals surface area (Å²) >= 11 is 0. The quantitative estimate of drug-likeness (QED) is 0.715. The summed E-state index contributed by atoms with van der Waals surface area (Å²) in [5, 5.41) is 20.6. The van der Waals surface area contributed by atoms with E-state index in [0.717, 1.165) is 5.56 Å². The van der Waals surface area contributed by atoms with Crippen molar-refractivity contribution in [3.63, 3.8) is 0 Å². The molecule has 1 rings (SSSR count). The normalized spacial score (nSPS) is 11.8. The number of phenols is 1. The lowest BCUT2D eigenvalue weighted by Gasteiger charge is -2.15. The van der Waals surface area contributed by atoms with Crippen LogP contribution in [-0.2, 0) is 9.59 Å². The number of benzene rings is 1. The van der Waals surface area contributed by atoms with E-state index in [1.165, 1.54) is 19.1 Å². The van der Waals surface area contributed by atoms with Crippen LogP contribution in [0.4, 0.5) is 0 Å². The average molecular weight is 237 g/mol. The Morgan fingerprint density at radius 1 is 1.29 bits per heavy atom. The molecule has 5 heteroatoms. The number of nitrogens with one attached hydrogen (secondary N) is 1. The van der Waals surface area contributed by atoms with Crippen molar-refractivity contribution >= 4 is 11.9 Å². The van der Waals surface area contributed by atoms with Gasteiger partial charge in [0.1, 0.15) is 5.75 Å². The first-order chi connectivity index (χ1) is 7.99. The summed E-state index contributed by atoms with van der Waals surface area (Å²) in [4.78, 5) is 21.6. The highest BCUT2D eigenvalue weighted by molar-refractivity contribution is 5.73. The standard InChI is InChI=1S/C12H15NO4/c1-8(14)13-7-10(6-12(16)17)9-2-4-11(15)5-3-9/h2-5,10,15H,6-7H2,1H3,(H,13,14)(H,16,17). The fraction of sp³-hybridized carbons (Fsp3) is 0.333. The highest BCUT2D eigenvalue weighted by Crippen LogP contribution is 2.21. The fourth-order valence-corrected chi connectivity index (χ4v) is 1.53. The van der Waals surface area contributed by atoms with Gasteiger partial charge in [-0.1, -0.05) is 12.1 Å². The Balaban J connectivity index is 2.77. The molecule has 17 heavy (non-hydrogen) atoms. The van der Waals surface area contributed by atoms with E-state index in [9.17, 15) is 9.59 Å². The molecule has 1 unspecified atom stereocenters. The number of aromatic hydroxyl groups is 1. The maximum absolute atomic E-state index is 10.8. The number of carboxylic acid groups (broad SMARTS) is 1. The largest absolute Gasteiger partial charge is 0.508 e. The number of carbonyl (C=O) groups is 2. The molecule has 92 valence electrons. The first-order valence-electron chi connectivity index (χ1n) is 5.24. The summed E-state index contributed by atoms with van der Waals surface area (Å²) in [5.41, 5.74) is 0.777. The molecule has 1 amide bonds. The van der Waals surface area contributed by atoms with E-state index < -0.39 is 5.97 Å². The summed E-state index contributed by atoms with van der Waals surface area (Å²) in [7, 11) is 0. The summed E-state index contributed by atoms with van der Waals surface area (Å²) in [6.07, 6.45) is -0.0644. The van der Waals surface area contributed by atoms with Crippen LogP contribution in [0.5, 0.6) is 5.75 Å². The Morgan fingerprint density at radius 2 is 1.88 bits per heavy atom. The van der Waals surface area contributed by atoms with Crippen molar-refractivity contribution in [1.29, 1.82) is 0 Å². The Morgan fingerprint density at radius 3 is 2.35 bits per heavy atom. The summed E-state index contributed by atoms with van der Waals surface area (Å²) in [6.45, 7) is 1.65. The SMILES string of the molecule is CC(=O)NCC(CC(=O)O)c1ccc(O)cc1. The molecule has 0 aliphatic rings. The van der Waals surface area contributed by atoms with Gasteiger partial charge in [0.2, 0.25) is 5.91 Å². The minimum Gasteiger partial charge on any atom is -0.508 e.